The number of rotatable bonds is 15. The van der Waals surface area contributed by atoms with Crippen molar-refractivity contribution in [3.63, 3.8) is 0 Å². The third-order valence-electron chi connectivity index (χ3n) is 8.62. The zero-order valence-corrected chi connectivity index (χ0v) is 28.6. The summed E-state index contributed by atoms with van der Waals surface area (Å²) in [5.74, 6) is -0.385. The summed E-state index contributed by atoms with van der Waals surface area (Å²) in [6, 6.07) is 27.3. The maximum atomic E-state index is 13.6. The molecule has 2 amide bonds. The molecule has 0 spiro atoms. The molecule has 0 heterocycles. The number of hydrogen-bond donors (Lipinski definition) is 3. The molecule has 0 radical (unpaired) electrons. The fourth-order valence-electron chi connectivity index (χ4n) is 5.98. The van der Waals surface area contributed by atoms with Gasteiger partial charge in [0, 0.05) is 32.7 Å². The second-order valence-electron chi connectivity index (χ2n) is 12.3. The van der Waals surface area contributed by atoms with Gasteiger partial charge in [0.25, 0.3) is 5.91 Å². The fourth-order valence-corrected chi connectivity index (χ4v) is 5.98. The summed E-state index contributed by atoms with van der Waals surface area (Å²) in [6.45, 7) is 10.1. The molecular weight excluding hydrogens is 625 g/mol. The lowest BCUT2D eigenvalue weighted by molar-refractivity contribution is -0.137. The van der Waals surface area contributed by atoms with Crippen molar-refractivity contribution in [2.75, 3.05) is 43.9 Å². The minimum absolute atomic E-state index is 0.00941. The first-order valence-corrected chi connectivity index (χ1v) is 16.5. The molecular formula is C40H45F3N4O2. The number of carbonyl (C=O) groups is 2. The highest BCUT2D eigenvalue weighted by Crippen LogP contribution is 2.35. The molecule has 9 heteroatoms. The minimum Gasteiger partial charge on any atom is -0.376 e. The Kier molecular flexibility index (Phi) is 12.4. The summed E-state index contributed by atoms with van der Waals surface area (Å²) in [6.07, 6.45) is -2.64. The molecule has 0 saturated carbocycles. The lowest BCUT2D eigenvalue weighted by Gasteiger charge is -2.34. The standard InChI is InChI=1S/C40H45F3N4O2/c1-6-44-27-39(38(49)45-7-2,31-13-9-8-10-14-31)24-23-28(3)25-29-17-22-35(36(26-29)47(4)5)46-37(48)34-16-12-11-15-33(34)30-18-20-32(21-19-30)40(41,42)43/h8-22,26,44H,3,6-7,23-25,27H2,1-2,4-5H3,(H,45,49)(H,46,48). The zero-order chi connectivity index (χ0) is 35.6. The van der Waals surface area contributed by atoms with Gasteiger partial charge in [-0.15, -0.1) is 0 Å². The molecule has 4 aromatic carbocycles. The zero-order valence-electron chi connectivity index (χ0n) is 28.6. The van der Waals surface area contributed by atoms with Crippen LogP contribution in [-0.4, -0.2) is 45.5 Å². The van der Waals surface area contributed by atoms with Crippen LogP contribution in [0.2, 0.25) is 0 Å². The Hall–Kier alpha value is -4.89. The van der Waals surface area contributed by atoms with Gasteiger partial charge in [0.2, 0.25) is 5.91 Å². The number of halogens is 3. The molecule has 1 unspecified atom stereocenters. The Labute approximate surface area is 287 Å². The van der Waals surface area contributed by atoms with Gasteiger partial charge < -0.3 is 20.9 Å². The van der Waals surface area contributed by atoms with Crippen molar-refractivity contribution >= 4 is 23.2 Å². The van der Waals surface area contributed by atoms with Crippen LogP contribution in [0.1, 0.15) is 53.7 Å². The van der Waals surface area contributed by atoms with Gasteiger partial charge in [-0.1, -0.05) is 85.8 Å². The van der Waals surface area contributed by atoms with Gasteiger partial charge in [-0.05, 0) is 85.3 Å². The maximum absolute atomic E-state index is 13.6. The number of allylic oxidation sites excluding steroid dienone is 1. The second-order valence-corrected chi connectivity index (χ2v) is 12.3. The Morgan fingerprint density at radius 1 is 0.816 bits per heavy atom. The molecule has 49 heavy (non-hydrogen) atoms. The molecule has 6 nitrogen and oxygen atoms in total. The summed E-state index contributed by atoms with van der Waals surface area (Å²) in [7, 11) is 3.78. The summed E-state index contributed by atoms with van der Waals surface area (Å²) >= 11 is 0. The molecule has 0 aliphatic heterocycles. The van der Waals surface area contributed by atoms with E-state index in [9.17, 15) is 22.8 Å². The van der Waals surface area contributed by atoms with E-state index in [0.717, 1.165) is 41.1 Å². The summed E-state index contributed by atoms with van der Waals surface area (Å²) < 4.78 is 39.4. The number of carbonyl (C=O) groups excluding carboxylic acids is 2. The summed E-state index contributed by atoms with van der Waals surface area (Å²) in [4.78, 5) is 29.1. The first kappa shape index (κ1) is 36.9. The molecule has 0 saturated heterocycles. The molecule has 258 valence electrons. The Bertz CT molecular complexity index is 1740. The van der Waals surface area contributed by atoms with E-state index in [4.69, 9.17) is 0 Å². The van der Waals surface area contributed by atoms with Crippen LogP contribution in [-0.2, 0) is 22.8 Å². The van der Waals surface area contributed by atoms with Crippen molar-refractivity contribution in [2.24, 2.45) is 0 Å². The van der Waals surface area contributed by atoms with E-state index < -0.39 is 17.2 Å². The fraction of sp³-hybridized carbons (Fsp3) is 0.300. The molecule has 4 aromatic rings. The summed E-state index contributed by atoms with van der Waals surface area (Å²) in [5.41, 5.74) is 4.21. The third-order valence-corrected chi connectivity index (χ3v) is 8.62. The second kappa shape index (κ2) is 16.5. The molecule has 0 aromatic heterocycles. The third kappa shape index (κ3) is 9.18. The van der Waals surface area contributed by atoms with Gasteiger partial charge in [0.15, 0.2) is 0 Å². The minimum atomic E-state index is -4.44. The van der Waals surface area contributed by atoms with Gasteiger partial charge in [-0.2, -0.15) is 13.2 Å². The first-order valence-electron chi connectivity index (χ1n) is 16.5. The average Bonchev–Trinajstić information content (AvgIpc) is 3.09. The molecule has 0 fully saturated rings. The highest BCUT2D eigenvalue weighted by Gasteiger charge is 2.39. The average molecular weight is 671 g/mol. The van der Waals surface area contributed by atoms with E-state index in [1.54, 1.807) is 24.3 Å². The number of nitrogens with one attached hydrogen (secondary N) is 3. The Morgan fingerprint density at radius 3 is 2.12 bits per heavy atom. The van der Waals surface area contributed by atoms with E-state index >= 15 is 0 Å². The van der Waals surface area contributed by atoms with Crippen LogP contribution in [0.5, 0.6) is 0 Å². The van der Waals surface area contributed by atoms with Crippen LogP contribution < -0.4 is 20.9 Å². The van der Waals surface area contributed by atoms with Crippen molar-refractivity contribution in [3.05, 3.63) is 131 Å². The van der Waals surface area contributed by atoms with Crippen LogP contribution in [0.4, 0.5) is 24.5 Å². The van der Waals surface area contributed by atoms with Crippen molar-refractivity contribution in [3.8, 4) is 11.1 Å². The first-order chi connectivity index (χ1) is 23.4. The lowest BCUT2D eigenvalue weighted by atomic mass is 9.74. The maximum Gasteiger partial charge on any atom is 0.416 e. The quantitative estimate of drug-likeness (QED) is 0.111. The SMILES string of the molecule is C=C(CCC(CNCC)(C(=O)NCC)c1ccccc1)Cc1ccc(NC(=O)c2ccccc2-c2ccc(C(F)(F)F)cc2)c(N(C)C)c1. The van der Waals surface area contributed by atoms with Crippen LogP contribution in [0.3, 0.4) is 0 Å². The van der Waals surface area contributed by atoms with Crippen molar-refractivity contribution in [1.82, 2.24) is 10.6 Å². The van der Waals surface area contributed by atoms with Gasteiger partial charge in [-0.3, -0.25) is 9.59 Å². The number of alkyl halides is 3. The number of hydrogen-bond acceptors (Lipinski definition) is 4. The number of benzene rings is 4. The van der Waals surface area contributed by atoms with Gasteiger partial charge >= 0.3 is 6.18 Å². The monoisotopic (exact) mass is 670 g/mol. The molecule has 0 aliphatic carbocycles. The van der Waals surface area contributed by atoms with Crippen LogP contribution in [0.25, 0.3) is 11.1 Å². The molecule has 0 aliphatic rings. The number of nitrogens with zero attached hydrogens (tertiary/aromatic N) is 1. The van der Waals surface area contributed by atoms with Crippen molar-refractivity contribution in [2.45, 2.75) is 44.7 Å². The molecule has 1 atom stereocenters. The van der Waals surface area contributed by atoms with Crippen molar-refractivity contribution < 1.29 is 22.8 Å². The topological polar surface area (TPSA) is 73.5 Å². The normalized spacial score (nSPS) is 12.6. The predicted octanol–water partition coefficient (Wildman–Crippen LogP) is 8.25. The van der Waals surface area contributed by atoms with Crippen LogP contribution >= 0.6 is 0 Å². The molecule has 4 rings (SSSR count). The van der Waals surface area contributed by atoms with E-state index in [2.05, 4.69) is 22.5 Å². The summed E-state index contributed by atoms with van der Waals surface area (Å²) in [5, 5.41) is 9.46. The highest BCUT2D eigenvalue weighted by atomic mass is 19.4. The van der Waals surface area contributed by atoms with Crippen LogP contribution in [0, 0.1) is 0 Å². The Morgan fingerprint density at radius 2 is 1.49 bits per heavy atom. The van der Waals surface area contributed by atoms with Crippen molar-refractivity contribution in [1.29, 1.82) is 0 Å². The highest BCUT2D eigenvalue weighted by molar-refractivity contribution is 6.10. The van der Waals surface area contributed by atoms with Gasteiger partial charge in [-0.25, -0.2) is 0 Å². The van der Waals surface area contributed by atoms with E-state index in [0.29, 0.717) is 54.7 Å². The molecule has 3 N–H and O–H groups in total. The van der Waals surface area contributed by atoms with Gasteiger partial charge in [0.1, 0.15) is 0 Å². The lowest BCUT2D eigenvalue weighted by Crippen LogP contribution is -2.50. The van der Waals surface area contributed by atoms with E-state index in [-0.39, 0.29) is 11.8 Å². The van der Waals surface area contributed by atoms with Crippen LogP contribution in [0.15, 0.2) is 109 Å². The largest absolute Gasteiger partial charge is 0.416 e. The smallest absolute Gasteiger partial charge is 0.376 e. The molecule has 0 bridgehead atoms. The Balaban J connectivity index is 1.52. The van der Waals surface area contributed by atoms with Gasteiger partial charge in [0.05, 0.1) is 22.4 Å². The number of amides is 2. The van der Waals surface area contributed by atoms with E-state index in [1.807, 2.05) is 81.4 Å². The number of likely N-dealkylation sites (N-methyl/N-ethyl adjacent to an activating group) is 2. The number of anilines is 2. The predicted molar refractivity (Wildman–Crippen MR) is 193 cm³/mol. The van der Waals surface area contributed by atoms with E-state index in [1.165, 1.54) is 12.1 Å².